The number of hydrogen-bond acceptors (Lipinski definition) is 5. The molecule has 4 heterocycles. The molecule has 2 aromatic rings. The number of carbonyl (C=O) groups excluding carboxylic acids is 1. The number of rotatable bonds is 4. The number of ether oxygens (including phenoxy) is 1. The molecule has 0 bridgehead atoms. The van der Waals surface area contributed by atoms with Crippen LogP contribution in [-0.4, -0.2) is 48.1 Å². The molecule has 1 aromatic heterocycles. The minimum atomic E-state index is 0.0456. The number of pyridine rings is 1. The molecular weight excluding hydrogens is 424 g/mol. The number of nitrogens with one attached hydrogen (secondary N) is 1. The number of hydrogen-bond donors (Lipinski definition) is 1. The molecule has 6 nitrogen and oxygen atoms in total. The number of fused-ring (bicyclic) bond motifs is 1. The van der Waals surface area contributed by atoms with Gasteiger partial charge in [-0.1, -0.05) is 52.8 Å². The number of hydrazine groups is 1. The fraction of sp³-hybridized carbons (Fsp3) is 0.571. The maximum atomic E-state index is 12.5. The quantitative estimate of drug-likeness (QED) is 0.679. The minimum absolute atomic E-state index is 0.0456. The summed E-state index contributed by atoms with van der Waals surface area (Å²) in [5, 5.41) is 2.26. The predicted octanol–water partition coefficient (Wildman–Crippen LogP) is 5.14. The van der Waals surface area contributed by atoms with Crippen LogP contribution in [0.1, 0.15) is 70.9 Å². The summed E-state index contributed by atoms with van der Waals surface area (Å²) in [5.74, 6) is 0.770. The van der Waals surface area contributed by atoms with Crippen LogP contribution in [0.4, 0.5) is 5.69 Å². The lowest BCUT2D eigenvalue weighted by Crippen LogP contribution is -2.53. The average molecular weight is 465 g/mol. The normalized spacial score (nSPS) is 18.7. The first-order valence-corrected chi connectivity index (χ1v) is 12.8. The predicted molar refractivity (Wildman–Crippen MR) is 138 cm³/mol. The smallest absolute Gasteiger partial charge is 0.223 e. The van der Waals surface area contributed by atoms with Crippen molar-refractivity contribution in [2.24, 2.45) is 5.41 Å². The van der Waals surface area contributed by atoms with E-state index in [1.165, 1.54) is 16.8 Å². The van der Waals surface area contributed by atoms with Gasteiger partial charge in [0, 0.05) is 37.8 Å². The van der Waals surface area contributed by atoms with Gasteiger partial charge >= 0.3 is 0 Å². The highest BCUT2D eigenvalue weighted by Gasteiger charge is 2.31. The Labute approximate surface area is 204 Å². The van der Waals surface area contributed by atoms with E-state index in [4.69, 9.17) is 9.72 Å². The number of likely N-dealkylation sites (tertiary alicyclic amines) is 1. The van der Waals surface area contributed by atoms with E-state index in [0.29, 0.717) is 18.4 Å². The van der Waals surface area contributed by atoms with Gasteiger partial charge in [-0.15, -0.1) is 0 Å². The van der Waals surface area contributed by atoms with E-state index in [9.17, 15) is 4.79 Å². The van der Waals surface area contributed by atoms with Crippen molar-refractivity contribution in [1.82, 2.24) is 15.3 Å². The summed E-state index contributed by atoms with van der Waals surface area (Å²) in [5.41, 5.74) is 9.53. The van der Waals surface area contributed by atoms with E-state index in [1.807, 2.05) is 24.9 Å². The maximum Gasteiger partial charge on any atom is 0.223 e. The summed E-state index contributed by atoms with van der Waals surface area (Å²) in [4.78, 5) is 19.4. The molecule has 2 saturated heterocycles. The van der Waals surface area contributed by atoms with E-state index in [0.717, 1.165) is 56.9 Å². The Morgan fingerprint density at radius 1 is 1.12 bits per heavy atom. The third-order valence-electron chi connectivity index (χ3n) is 6.85. The molecule has 0 aliphatic carbocycles. The van der Waals surface area contributed by atoms with Crippen LogP contribution in [0.5, 0.6) is 0 Å². The number of aromatic nitrogens is 1. The maximum absolute atomic E-state index is 12.5. The van der Waals surface area contributed by atoms with Crippen molar-refractivity contribution in [3.05, 3.63) is 47.7 Å². The molecule has 2 fully saturated rings. The monoisotopic (exact) mass is 464 g/mol. The van der Waals surface area contributed by atoms with E-state index in [1.54, 1.807) is 0 Å². The van der Waals surface area contributed by atoms with E-state index in [2.05, 4.69) is 61.5 Å². The van der Waals surface area contributed by atoms with Gasteiger partial charge in [-0.3, -0.25) is 9.78 Å². The highest BCUT2D eigenvalue weighted by molar-refractivity contribution is 5.77. The summed E-state index contributed by atoms with van der Waals surface area (Å²) < 4.78 is 5.37. The first kappa shape index (κ1) is 24.7. The summed E-state index contributed by atoms with van der Waals surface area (Å²) in [6, 6.07) is 11.4. The van der Waals surface area contributed by atoms with Gasteiger partial charge in [0.25, 0.3) is 0 Å². The molecule has 0 spiro atoms. The van der Waals surface area contributed by atoms with Gasteiger partial charge in [0.15, 0.2) is 0 Å². The van der Waals surface area contributed by atoms with Crippen LogP contribution in [0.25, 0.3) is 11.3 Å². The molecule has 0 unspecified atom stereocenters. The summed E-state index contributed by atoms with van der Waals surface area (Å²) >= 11 is 0. The van der Waals surface area contributed by atoms with Gasteiger partial charge in [0.2, 0.25) is 5.91 Å². The zero-order chi connectivity index (χ0) is 24.3. The molecule has 34 heavy (non-hydrogen) atoms. The first-order valence-electron chi connectivity index (χ1n) is 12.8. The second kappa shape index (κ2) is 10.4. The molecule has 5 rings (SSSR count). The molecule has 184 valence electrons. The molecule has 6 heteroatoms. The van der Waals surface area contributed by atoms with Crippen molar-refractivity contribution in [3.63, 3.8) is 0 Å². The highest BCUT2D eigenvalue weighted by Crippen LogP contribution is 2.34. The number of amides is 1. The fourth-order valence-electron chi connectivity index (χ4n) is 4.90. The van der Waals surface area contributed by atoms with E-state index in [-0.39, 0.29) is 11.3 Å². The Morgan fingerprint density at radius 2 is 1.85 bits per heavy atom. The number of anilines is 1. The van der Waals surface area contributed by atoms with Crippen LogP contribution < -0.4 is 10.4 Å². The van der Waals surface area contributed by atoms with Crippen molar-refractivity contribution >= 4 is 11.6 Å². The summed E-state index contributed by atoms with van der Waals surface area (Å²) in [7, 11) is 0. The number of carbonyl (C=O) groups is 1. The average Bonchev–Trinajstić information content (AvgIpc) is 3.21. The standard InChI is InChI=1S/C26H34N4O2.C2H6/c1-26(2,3)13-25(31)29-10-8-18(9-11-29)20-6-7-23(27-14-20)19-4-5-21-15-28-30(24(21)12-19)22-16-32-17-22;1-2/h4-7,12,14,18,22,28H,8-11,13,15-17H2,1-3H3;1-2H3. The lowest BCUT2D eigenvalue weighted by molar-refractivity contribution is -0.134. The molecule has 3 aliphatic rings. The largest absolute Gasteiger partial charge is 0.377 e. The molecule has 0 saturated carbocycles. The molecular formula is C28H40N4O2. The van der Waals surface area contributed by atoms with Crippen molar-refractivity contribution in [3.8, 4) is 11.3 Å². The van der Waals surface area contributed by atoms with E-state index < -0.39 is 0 Å². The van der Waals surface area contributed by atoms with Gasteiger partial charge < -0.3 is 14.6 Å². The zero-order valence-corrected chi connectivity index (χ0v) is 21.4. The van der Waals surface area contributed by atoms with Crippen molar-refractivity contribution in [2.45, 2.75) is 72.4 Å². The van der Waals surface area contributed by atoms with Gasteiger partial charge in [-0.05, 0) is 47.4 Å². The highest BCUT2D eigenvalue weighted by atomic mass is 16.5. The Morgan fingerprint density at radius 3 is 2.44 bits per heavy atom. The third kappa shape index (κ3) is 5.44. The van der Waals surface area contributed by atoms with Crippen molar-refractivity contribution in [1.29, 1.82) is 0 Å². The second-order valence-electron chi connectivity index (χ2n) is 10.6. The number of benzene rings is 1. The Balaban J connectivity index is 0.00000133. The van der Waals surface area contributed by atoms with Gasteiger partial charge in [-0.2, -0.15) is 0 Å². The van der Waals surface area contributed by atoms with E-state index >= 15 is 0 Å². The lowest BCUT2D eigenvalue weighted by atomic mass is 9.88. The minimum Gasteiger partial charge on any atom is -0.377 e. The SMILES string of the molecule is CC.CC(C)(C)CC(=O)N1CCC(c2ccc(-c3ccc4c(c3)N(C3COC3)NC4)nc2)CC1. The molecule has 0 atom stereocenters. The Kier molecular flexibility index (Phi) is 7.58. The van der Waals surface area contributed by atoms with Crippen LogP contribution in [0.3, 0.4) is 0 Å². The molecule has 1 amide bonds. The van der Waals surface area contributed by atoms with Crippen LogP contribution >= 0.6 is 0 Å². The van der Waals surface area contributed by atoms with Crippen LogP contribution in [0.2, 0.25) is 0 Å². The van der Waals surface area contributed by atoms with Crippen LogP contribution in [0.15, 0.2) is 36.5 Å². The summed E-state index contributed by atoms with van der Waals surface area (Å²) in [6.45, 7) is 14.5. The Hall–Kier alpha value is -2.44. The van der Waals surface area contributed by atoms with Gasteiger partial charge in [0.1, 0.15) is 0 Å². The van der Waals surface area contributed by atoms with Crippen molar-refractivity contribution < 1.29 is 9.53 Å². The van der Waals surface area contributed by atoms with Crippen LogP contribution in [-0.2, 0) is 16.1 Å². The number of nitrogens with zero attached hydrogens (tertiary/aromatic N) is 3. The fourth-order valence-corrected chi connectivity index (χ4v) is 4.90. The molecule has 3 aliphatic heterocycles. The van der Waals surface area contributed by atoms with Crippen molar-refractivity contribution in [2.75, 3.05) is 31.3 Å². The zero-order valence-electron chi connectivity index (χ0n) is 21.4. The van der Waals surface area contributed by atoms with Gasteiger partial charge in [0.05, 0.1) is 30.6 Å². The molecule has 1 aromatic carbocycles. The van der Waals surface area contributed by atoms with Gasteiger partial charge in [-0.25, -0.2) is 5.43 Å². The Bertz CT molecular complexity index is 971. The topological polar surface area (TPSA) is 57.7 Å². The molecule has 0 radical (unpaired) electrons. The molecule has 1 N–H and O–H groups in total. The number of piperidine rings is 1. The summed E-state index contributed by atoms with van der Waals surface area (Å²) in [6.07, 6.45) is 4.69. The second-order valence-corrected chi connectivity index (χ2v) is 10.6. The lowest BCUT2D eigenvalue weighted by Gasteiger charge is -2.36. The third-order valence-corrected chi connectivity index (χ3v) is 6.85. The van der Waals surface area contributed by atoms with Crippen LogP contribution in [0, 0.1) is 5.41 Å². The first-order chi connectivity index (χ1) is 16.4.